The first-order valence-corrected chi connectivity index (χ1v) is 10.6. The van der Waals surface area contributed by atoms with E-state index >= 15 is 0 Å². The van der Waals surface area contributed by atoms with E-state index in [1.807, 2.05) is 26.0 Å². The first-order valence-electron chi connectivity index (χ1n) is 10.6. The van der Waals surface area contributed by atoms with Crippen molar-refractivity contribution in [3.63, 3.8) is 0 Å². The molecule has 1 aliphatic heterocycles. The minimum atomic E-state index is 0.000333. The van der Waals surface area contributed by atoms with E-state index in [0.717, 1.165) is 55.6 Å². The van der Waals surface area contributed by atoms with E-state index in [2.05, 4.69) is 49.2 Å². The highest BCUT2D eigenvalue weighted by Gasteiger charge is 2.19. The molecule has 1 aliphatic rings. The number of nitrogens with zero attached hydrogens (tertiary/aromatic N) is 4. The Hall–Kier alpha value is -2.93. The van der Waals surface area contributed by atoms with Gasteiger partial charge in [-0.1, -0.05) is 32.0 Å². The lowest BCUT2D eigenvalue weighted by Crippen LogP contribution is -2.30. The largest absolute Gasteiger partial charge is 0.464 e. The molecule has 7 heteroatoms. The molecule has 0 saturated carbocycles. The Morgan fingerprint density at radius 3 is 2.87 bits per heavy atom. The van der Waals surface area contributed by atoms with Gasteiger partial charge in [0.15, 0.2) is 0 Å². The maximum Gasteiger partial charge on any atom is 0.222 e. The minimum absolute atomic E-state index is 0.000333. The average molecular weight is 408 g/mol. The van der Waals surface area contributed by atoms with Crippen LogP contribution in [0.3, 0.4) is 0 Å². The molecular formula is C23H29N5O2. The van der Waals surface area contributed by atoms with Gasteiger partial charge < -0.3 is 14.3 Å². The standard InChI is InChI=1S/C23H29N5O2/c1-17(2)23(29)24-10-8-21-25-26-22-9-11-27(12-13-28(21)22)16-18-5-3-6-19(15-18)20-7-4-14-30-20/h3-7,14-15,17H,8-13,16H2,1-2H3,(H,24,29). The van der Waals surface area contributed by atoms with Gasteiger partial charge in [-0.2, -0.15) is 0 Å². The number of carbonyl (C=O) groups is 1. The van der Waals surface area contributed by atoms with Crippen LogP contribution < -0.4 is 5.32 Å². The molecule has 1 aromatic carbocycles. The minimum Gasteiger partial charge on any atom is -0.464 e. The predicted molar refractivity (Wildman–Crippen MR) is 115 cm³/mol. The second-order valence-electron chi connectivity index (χ2n) is 8.08. The third-order valence-corrected chi connectivity index (χ3v) is 5.51. The maximum absolute atomic E-state index is 11.8. The highest BCUT2D eigenvalue weighted by Crippen LogP contribution is 2.22. The Balaban J connectivity index is 1.35. The molecule has 0 unspecified atom stereocenters. The highest BCUT2D eigenvalue weighted by molar-refractivity contribution is 5.77. The molecule has 7 nitrogen and oxygen atoms in total. The first kappa shape index (κ1) is 20.3. The molecule has 0 spiro atoms. The number of furan rings is 1. The lowest BCUT2D eigenvalue weighted by molar-refractivity contribution is -0.123. The van der Waals surface area contributed by atoms with Gasteiger partial charge in [0.05, 0.1) is 6.26 Å². The van der Waals surface area contributed by atoms with E-state index in [9.17, 15) is 4.79 Å². The van der Waals surface area contributed by atoms with Crippen LogP contribution in [0.1, 0.15) is 31.1 Å². The molecule has 3 heterocycles. The van der Waals surface area contributed by atoms with Crippen LogP contribution in [-0.2, 0) is 30.7 Å². The molecule has 0 radical (unpaired) electrons. The average Bonchev–Trinajstić information content (AvgIpc) is 3.36. The normalized spacial score (nSPS) is 14.5. The van der Waals surface area contributed by atoms with Gasteiger partial charge in [0.1, 0.15) is 17.4 Å². The number of nitrogens with one attached hydrogen (secondary N) is 1. The third-order valence-electron chi connectivity index (χ3n) is 5.51. The molecule has 0 atom stereocenters. The van der Waals surface area contributed by atoms with E-state index in [1.165, 1.54) is 5.56 Å². The number of hydrogen-bond acceptors (Lipinski definition) is 5. The smallest absolute Gasteiger partial charge is 0.222 e. The van der Waals surface area contributed by atoms with Crippen LogP contribution in [-0.4, -0.2) is 45.2 Å². The van der Waals surface area contributed by atoms with Crippen LogP contribution in [0.25, 0.3) is 11.3 Å². The van der Waals surface area contributed by atoms with Gasteiger partial charge in [-0.3, -0.25) is 9.69 Å². The zero-order chi connectivity index (χ0) is 20.9. The van der Waals surface area contributed by atoms with Crippen molar-refractivity contribution >= 4 is 5.91 Å². The van der Waals surface area contributed by atoms with Gasteiger partial charge in [0.2, 0.25) is 5.91 Å². The van der Waals surface area contributed by atoms with E-state index in [0.29, 0.717) is 13.0 Å². The SMILES string of the molecule is CC(C)C(=O)NCCc1nnc2n1CCN(Cc1cccc(-c3ccco3)c1)CC2. The van der Waals surface area contributed by atoms with Crippen molar-refractivity contribution in [1.29, 1.82) is 0 Å². The van der Waals surface area contributed by atoms with E-state index in [1.54, 1.807) is 6.26 Å². The van der Waals surface area contributed by atoms with Crippen LogP contribution in [0.2, 0.25) is 0 Å². The quantitative estimate of drug-likeness (QED) is 0.652. The molecule has 158 valence electrons. The summed E-state index contributed by atoms with van der Waals surface area (Å²) in [6, 6.07) is 12.4. The fraction of sp³-hybridized carbons (Fsp3) is 0.435. The van der Waals surface area contributed by atoms with Crippen molar-refractivity contribution in [3.05, 3.63) is 59.9 Å². The maximum atomic E-state index is 11.8. The van der Waals surface area contributed by atoms with Gasteiger partial charge in [-0.25, -0.2) is 0 Å². The number of carbonyl (C=O) groups excluding carboxylic acids is 1. The second-order valence-corrected chi connectivity index (χ2v) is 8.08. The van der Waals surface area contributed by atoms with Crippen molar-refractivity contribution < 1.29 is 9.21 Å². The molecule has 0 saturated heterocycles. The number of benzene rings is 1. The fourth-order valence-corrected chi connectivity index (χ4v) is 3.80. The molecule has 30 heavy (non-hydrogen) atoms. The zero-order valence-electron chi connectivity index (χ0n) is 17.7. The molecule has 0 bridgehead atoms. The molecule has 2 aromatic heterocycles. The van der Waals surface area contributed by atoms with Crippen LogP contribution in [0.15, 0.2) is 47.1 Å². The molecule has 3 aromatic rings. The van der Waals surface area contributed by atoms with Gasteiger partial charge in [0, 0.05) is 57.0 Å². The fourth-order valence-electron chi connectivity index (χ4n) is 3.80. The number of fused-ring (bicyclic) bond motifs is 1. The lowest BCUT2D eigenvalue weighted by atomic mass is 10.1. The van der Waals surface area contributed by atoms with Crippen LogP contribution in [0, 0.1) is 5.92 Å². The molecule has 4 rings (SSSR count). The Kier molecular flexibility index (Phi) is 6.28. The summed E-state index contributed by atoms with van der Waals surface area (Å²) in [7, 11) is 0. The van der Waals surface area contributed by atoms with Gasteiger partial charge in [-0.15, -0.1) is 10.2 Å². The van der Waals surface area contributed by atoms with Gasteiger partial charge >= 0.3 is 0 Å². The second kappa shape index (κ2) is 9.26. The van der Waals surface area contributed by atoms with Crippen molar-refractivity contribution in [1.82, 2.24) is 25.0 Å². The summed E-state index contributed by atoms with van der Waals surface area (Å²) in [6.45, 7) is 8.06. The monoisotopic (exact) mass is 407 g/mol. The molecule has 1 amide bonds. The summed E-state index contributed by atoms with van der Waals surface area (Å²) in [6.07, 6.45) is 3.29. The molecule has 1 N–H and O–H groups in total. The van der Waals surface area contributed by atoms with Crippen molar-refractivity contribution in [3.8, 4) is 11.3 Å². The van der Waals surface area contributed by atoms with E-state index < -0.39 is 0 Å². The summed E-state index contributed by atoms with van der Waals surface area (Å²) in [5.41, 5.74) is 2.38. The van der Waals surface area contributed by atoms with E-state index in [4.69, 9.17) is 4.42 Å². The molecule has 0 aliphatic carbocycles. The van der Waals surface area contributed by atoms with Crippen molar-refractivity contribution in [2.24, 2.45) is 5.92 Å². The third kappa shape index (κ3) is 4.79. The lowest BCUT2D eigenvalue weighted by Gasteiger charge is -2.20. The highest BCUT2D eigenvalue weighted by atomic mass is 16.3. The number of aromatic nitrogens is 3. The number of rotatable bonds is 7. The number of amides is 1. The Morgan fingerprint density at radius 1 is 1.17 bits per heavy atom. The summed E-state index contributed by atoms with van der Waals surface area (Å²) in [5, 5.41) is 11.7. The Labute approximate surface area is 177 Å². The Morgan fingerprint density at radius 2 is 2.07 bits per heavy atom. The van der Waals surface area contributed by atoms with Gasteiger partial charge in [0.25, 0.3) is 0 Å². The van der Waals surface area contributed by atoms with Crippen LogP contribution >= 0.6 is 0 Å². The summed E-state index contributed by atoms with van der Waals surface area (Å²) >= 11 is 0. The molecule has 0 fully saturated rings. The first-order chi connectivity index (χ1) is 14.6. The van der Waals surface area contributed by atoms with Crippen LogP contribution in [0.5, 0.6) is 0 Å². The summed E-state index contributed by atoms with van der Waals surface area (Å²) in [5.74, 6) is 2.96. The summed E-state index contributed by atoms with van der Waals surface area (Å²) in [4.78, 5) is 14.2. The number of hydrogen-bond donors (Lipinski definition) is 1. The molecular weight excluding hydrogens is 378 g/mol. The summed E-state index contributed by atoms with van der Waals surface area (Å²) < 4.78 is 7.75. The van der Waals surface area contributed by atoms with E-state index in [-0.39, 0.29) is 11.8 Å². The van der Waals surface area contributed by atoms with Crippen molar-refractivity contribution in [2.75, 3.05) is 19.6 Å². The van der Waals surface area contributed by atoms with Crippen molar-refractivity contribution in [2.45, 2.75) is 39.8 Å². The van der Waals surface area contributed by atoms with Gasteiger partial charge in [-0.05, 0) is 23.8 Å². The zero-order valence-corrected chi connectivity index (χ0v) is 17.7. The topological polar surface area (TPSA) is 76.2 Å². The van der Waals surface area contributed by atoms with Crippen LogP contribution in [0.4, 0.5) is 0 Å². The predicted octanol–water partition coefficient (Wildman–Crippen LogP) is 2.91. The Bertz CT molecular complexity index is 977.